The lowest BCUT2D eigenvalue weighted by atomic mass is 10.0. The number of carbonyl (C=O) groups is 3. The number of ether oxygens (including phenoxy) is 1. The minimum Gasteiger partial charge on any atom is -0.459 e. The Morgan fingerprint density at radius 2 is 1.81 bits per heavy atom. The highest BCUT2D eigenvalue weighted by atomic mass is 35.5. The Balaban J connectivity index is 2.02. The number of amides is 1. The molecule has 1 aliphatic carbocycles. The fourth-order valence-electron chi connectivity index (χ4n) is 2.82. The minimum atomic E-state index is -0.925. The summed E-state index contributed by atoms with van der Waals surface area (Å²) in [4.78, 5) is 39.1. The molecule has 3 rings (SSSR count). The topological polar surface area (TPSA) is 63.7 Å². The van der Waals surface area contributed by atoms with Crippen molar-refractivity contribution in [1.29, 1.82) is 0 Å². The van der Waals surface area contributed by atoms with E-state index in [-0.39, 0.29) is 18.0 Å². The highest BCUT2D eigenvalue weighted by Gasteiger charge is 2.33. The molecule has 0 atom stereocenters. The van der Waals surface area contributed by atoms with E-state index in [9.17, 15) is 14.4 Å². The molecule has 0 saturated heterocycles. The number of anilines is 1. The Bertz CT molecular complexity index is 862. The molecule has 0 bridgehead atoms. The van der Waals surface area contributed by atoms with Crippen molar-refractivity contribution in [2.45, 2.75) is 19.8 Å². The van der Waals surface area contributed by atoms with E-state index in [1.165, 1.54) is 11.0 Å². The predicted molar refractivity (Wildman–Crippen MR) is 103 cm³/mol. The third-order valence-corrected chi connectivity index (χ3v) is 4.60. The summed E-state index contributed by atoms with van der Waals surface area (Å²) in [6.07, 6.45) is 1.98. The van der Waals surface area contributed by atoms with E-state index in [1.807, 2.05) is 6.07 Å². The number of nitrogens with zero attached hydrogens (tertiary/aromatic N) is 1. The normalized spacial score (nSPS) is 13.1. The van der Waals surface area contributed by atoms with Gasteiger partial charge in [-0.1, -0.05) is 41.9 Å². The second kappa shape index (κ2) is 8.35. The summed E-state index contributed by atoms with van der Waals surface area (Å²) in [7, 11) is 0. The van der Waals surface area contributed by atoms with Crippen LogP contribution in [-0.2, 0) is 14.3 Å². The molecule has 1 amide bonds. The number of rotatable bonds is 6. The maximum atomic E-state index is 13.0. The van der Waals surface area contributed by atoms with Crippen LogP contribution in [-0.4, -0.2) is 30.8 Å². The van der Waals surface area contributed by atoms with E-state index >= 15 is 0 Å². The molecule has 2 aromatic carbocycles. The van der Waals surface area contributed by atoms with Gasteiger partial charge < -0.3 is 9.64 Å². The molecule has 0 N–H and O–H groups in total. The summed E-state index contributed by atoms with van der Waals surface area (Å²) in [5, 5.41) is 0.382. The van der Waals surface area contributed by atoms with E-state index in [2.05, 4.69) is 0 Å². The van der Waals surface area contributed by atoms with E-state index in [0.717, 1.165) is 12.8 Å². The van der Waals surface area contributed by atoms with Gasteiger partial charge >= 0.3 is 11.9 Å². The van der Waals surface area contributed by atoms with Crippen LogP contribution in [0.4, 0.5) is 5.69 Å². The Morgan fingerprint density at radius 3 is 2.44 bits per heavy atom. The van der Waals surface area contributed by atoms with Crippen LogP contribution in [0, 0.1) is 5.92 Å². The van der Waals surface area contributed by atoms with Crippen molar-refractivity contribution >= 4 is 34.9 Å². The first-order valence-electron chi connectivity index (χ1n) is 8.89. The summed E-state index contributed by atoms with van der Waals surface area (Å²) in [6, 6.07) is 13.5. The lowest BCUT2D eigenvalue weighted by Crippen LogP contribution is -2.40. The smallest absolute Gasteiger partial charge is 0.397 e. The molecule has 27 heavy (non-hydrogen) atoms. The second-order valence-corrected chi connectivity index (χ2v) is 6.87. The minimum absolute atomic E-state index is 0.109. The van der Waals surface area contributed by atoms with Gasteiger partial charge in [0.15, 0.2) is 5.78 Å². The van der Waals surface area contributed by atoms with Crippen molar-refractivity contribution in [2.75, 3.05) is 18.1 Å². The summed E-state index contributed by atoms with van der Waals surface area (Å²) in [5.41, 5.74) is 1.14. The van der Waals surface area contributed by atoms with Crippen molar-refractivity contribution in [1.82, 2.24) is 0 Å². The van der Waals surface area contributed by atoms with Gasteiger partial charge in [0.25, 0.3) is 0 Å². The number of halogens is 1. The van der Waals surface area contributed by atoms with Gasteiger partial charge in [-0.15, -0.1) is 0 Å². The fraction of sp³-hybridized carbons (Fsp3) is 0.286. The summed E-state index contributed by atoms with van der Waals surface area (Å²) < 4.78 is 4.88. The largest absolute Gasteiger partial charge is 0.459 e. The van der Waals surface area contributed by atoms with Gasteiger partial charge in [0.1, 0.15) is 0 Å². The zero-order valence-electron chi connectivity index (χ0n) is 15.0. The van der Waals surface area contributed by atoms with Crippen LogP contribution in [0.5, 0.6) is 0 Å². The average molecular weight is 386 g/mol. The van der Waals surface area contributed by atoms with Gasteiger partial charge in [-0.2, -0.15) is 0 Å². The fourth-order valence-corrected chi connectivity index (χ4v) is 2.99. The van der Waals surface area contributed by atoms with Gasteiger partial charge in [0, 0.05) is 22.7 Å². The highest BCUT2D eigenvalue weighted by Crippen LogP contribution is 2.34. The molecule has 6 heteroatoms. The molecule has 0 heterocycles. The average Bonchev–Trinajstić information content (AvgIpc) is 3.50. The van der Waals surface area contributed by atoms with Gasteiger partial charge in [-0.05, 0) is 43.9 Å². The molecule has 5 nitrogen and oxygen atoms in total. The summed E-state index contributed by atoms with van der Waals surface area (Å²) in [6.45, 7) is 2.12. The summed E-state index contributed by atoms with van der Waals surface area (Å²) >= 11 is 6.12. The quantitative estimate of drug-likeness (QED) is 0.430. The van der Waals surface area contributed by atoms with Crippen LogP contribution in [0.3, 0.4) is 0 Å². The first kappa shape index (κ1) is 19.1. The number of esters is 1. The maximum Gasteiger partial charge on any atom is 0.397 e. The first-order chi connectivity index (χ1) is 13.0. The molecule has 0 aromatic heterocycles. The standard InChI is InChI=1S/C21H20ClNO4/c1-2-27-21(26)20(25)23(13-14-8-9-14)18-11-10-16(22)12-17(18)19(24)15-6-4-3-5-7-15/h3-7,10-12,14H,2,8-9,13H2,1H3. The van der Waals surface area contributed by atoms with Crippen LogP contribution in [0.1, 0.15) is 35.7 Å². The maximum absolute atomic E-state index is 13.0. The second-order valence-electron chi connectivity index (χ2n) is 6.44. The number of benzene rings is 2. The van der Waals surface area contributed by atoms with Crippen molar-refractivity contribution < 1.29 is 19.1 Å². The van der Waals surface area contributed by atoms with Gasteiger partial charge in [-0.3, -0.25) is 9.59 Å². The SMILES string of the molecule is CCOC(=O)C(=O)N(CC1CC1)c1ccc(Cl)cc1C(=O)c1ccccc1. The molecule has 0 radical (unpaired) electrons. The lowest BCUT2D eigenvalue weighted by Gasteiger charge is -2.24. The zero-order chi connectivity index (χ0) is 19.4. The van der Waals surface area contributed by atoms with Crippen molar-refractivity contribution in [3.63, 3.8) is 0 Å². The number of carbonyl (C=O) groups excluding carboxylic acids is 3. The molecule has 0 unspecified atom stereocenters. The van der Waals surface area contributed by atoms with Crippen LogP contribution < -0.4 is 4.90 Å². The van der Waals surface area contributed by atoms with Crippen molar-refractivity contribution in [3.05, 3.63) is 64.7 Å². The van der Waals surface area contributed by atoms with Gasteiger partial charge in [-0.25, -0.2) is 4.79 Å². The van der Waals surface area contributed by atoms with Crippen molar-refractivity contribution in [2.24, 2.45) is 5.92 Å². The third-order valence-electron chi connectivity index (χ3n) is 4.36. The van der Waals surface area contributed by atoms with Gasteiger partial charge in [0.2, 0.25) is 0 Å². The molecule has 1 aliphatic rings. The van der Waals surface area contributed by atoms with Crippen LogP contribution in [0.2, 0.25) is 5.02 Å². The molecular weight excluding hydrogens is 366 g/mol. The van der Waals surface area contributed by atoms with E-state index < -0.39 is 11.9 Å². The van der Waals surface area contributed by atoms with Gasteiger partial charge in [0.05, 0.1) is 12.3 Å². The Hall–Kier alpha value is -2.66. The molecule has 140 valence electrons. The van der Waals surface area contributed by atoms with Crippen LogP contribution in [0.25, 0.3) is 0 Å². The van der Waals surface area contributed by atoms with Crippen molar-refractivity contribution in [3.8, 4) is 0 Å². The van der Waals surface area contributed by atoms with Crippen LogP contribution >= 0.6 is 11.6 Å². The van der Waals surface area contributed by atoms with E-state index in [0.29, 0.717) is 28.7 Å². The monoisotopic (exact) mass is 385 g/mol. The number of ketones is 1. The Morgan fingerprint density at radius 1 is 1.11 bits per heavy atom. The molecule has 0 spiro atoms. The number of hydrogen-bond acceptors (Lipinski definition) is 4. The van der Waals surface area contributed by atoms with E-state index in [4.69, 9.17) is 16.3 Å². The molecule has 0 aliphatic heterocycles. The zero-order valence-corrected chi connectivity index (χ0v) is 15.7. The number of hydrogen-bond donors (Lipinski definition) is 0. The molecular formula is C21H20ClNO4. The lowest BCUT2D eigenvalue weighted by molar-refractivity contribution is -0.153. The predicted octanol–water partition coefficient (Wildman–Crippen LogP) is 3.88. The molecule has 1 saturated carbocycles. The van der Waals surface area contributed by atoms with Crippen LogP contribution in [0.15, 0.2) is 48.5 Å². The van der Waals surface area contributed by atoms with E-state index in [1.54, 1.807) is 43.3 Å². The first-order valence-corrected chi connectivity index (χ1v) is 9.27. The highest BCUT2D eigenvalue weighted by molar-refractivity contribution is 6.39. The third kappa shape index (κ3) is 4.55. The molecule has 1 fully saturated rings. The molecule has 2 aromatic rings. The Labute approximate surface area is 162 Å². The summed E-state index contributed by atoms with van der Waals surface area (Å²) in [5.74, 6) is -1.64. The Kier molecular flexibility index (Phi) is 5.91.